The Kier molecular flexibility index (Phi) is 6.01. The lowest BCUT2D eigenvalue weighted by molar-refractivity contribution is 0.766. The average molecular weight is 608 g/mol. The first-order chi connectivity index (χ1) is 17.8. The van der Waals surface area contributed by atoms with Crippen LogP contribution in [0.4, 0.5) is 0 Å². The van der Waals surface area contributed by atoms with Gasteiger partial charge in [-0.25, -0.2) is 0 Å². The second-order valence-electron chi connectivity index (χ2n) is 10.3. The van der Waals surface area contributed by atoms with Crippen molar-refractivity contribution in [1.82, 2.24) is 0 Å². The van der Waals surface area contributed by atoms with Crippen molar-refractivity contribution in [2.24, 2.45) is 0 Å². The van der Waals surface area contributed by atoms with Gasteiger partial charge >= 0.3 is 0 Å². The molecule has 0 fully saturated rings. The quantitative estimate of drug-likeness (QED) is 0.188. The van der Waals surface area contributed by atoms with Crippen LogP contribution in [0.2, 0.25) is 0 Å². The Morgan fingerprint density at radius 3 is 1.57 bits per heavy atom. The highest BCUT2D eigenvalue weighted by Crippen LogP contribution is 2.59. The number of aryl methyl sites for hydroxylation is 4. The zero-order chi connectivity index (χ0) is 25.9. The Bertz CT molecular complexity index is 1620. The van der Waals surface area contributed by atoms with Gasteiger partial charge in [0.15, 0.2) is 0 Å². The molecule has 0 atom stereocenters. The Morgan fingerprint density at radius 2 is 1.00 bits per heavy atom. The SMILES string of the molecule is Cc1cc(C)c(-c2cccc3c2-c2c(C)cccc2C3(c2cccc(Br)c2)c2cccc(Br)c2)c(C)c1. The van der Waals surface area contributed by atoms with E-state index in [1.54, 1.807) is 0 Å². The van der Waals surface area contributed by atoms with Crippen molar-refractivity contribution >= 4 is 31.9 Å². The molecule has 0 saturated heterocycles. The molecule has 0 bridgehead atoms. The Labute approximate surface area is 236 Å². The minimum atomic E-state index is -0.438. The average Bonchev–Trinajstić information content (AvgIpc) is 3.16. The van der Waals surface area contributed by atoms with Crippen molar-refractivity contribution < 1.29 is 0 Å². The number of hydrogen-bond donors (Lipinski definition) is 0. The van der Waals surface area contributed by atoms with Gasteiger partial charge in [0.2, 0.25) is 0 Å². The van der Waals surface area contributed by atoms with E-state index in [4.69, 9.17) is 0 Å². The number of benzene rings is 5. The fraction of sp³-hybridized carbons (Fsp3) is 0.143. The first-order valence-electron chi connectivity index (χ1n) is 12.7. The van der Waals surface area contributed by atoms with Crippen LogP contribution in [0.3, 0.4) is 0 Å². The lowest BCUT2D eigenvalue weighted by Gasteiger charge is -2.34. The van der Waals surface area contributed by atoms with Crippen molar-refractivity contribution in [3.05, 3.63) is 151 Å². The van der Waals surface area contributed by atoms with Gasteiger partial charge in [0.05, 0.1) is 5.41 Å². The molecule has 37 heavy (non-hydrogen) atoms. The van der Waals surface area contributed by atoms with E-state index in [9.17, 15) is 0 Å². The molecule has 0 N–H and O–H groups in total. The van der Waals surface area contributed by atoms with Gasteiger partial charge in [0.1, 0.15) is 0 Å². The monoisotopic (exact) mass is 606 g/mol. The van der Waals surface area contributed by atoms with E-state index in [0.29, 0.717) is 0 Å². The fourth-order valence-electron chi connectivity index (χ4n) is 6.64. The summed E-state index contributed by atoms with van der Waals surface area (Å²) in [5.41, 5.74) is 15.4. The Morgan fingerprint density at radius 1 is 0.486 bits per heavy atom. The van der Waals surface area contributed by atoms with Gasteiger partial charge in [-0.3, -0.25) is 0 Å². The summed E-state index contributed by atoms with van der Waals surface area (Å²) >= 11 is 7.57. The smallest absolute Gasteiger partial charge is 0.0616 e. The summed E-state index contributed by atoms with van der Waals surface area (Å²) in [5, 5.41) is 0. The normalized spacial score (nSPS) is 13.4. The van der Waals surface area contributed by atoms with Crippen LogP contribution in [0.15, 0.2) is 106 Å². The maximum atomic E-state index is 3.78. The van der Waals surface area contributed by atoms with Crippen molar-refractivity contribution in [3.8, 4) is 22.3 Å². The molecule has 0 radical (unpaired) electrons. The number of hydrogen-bond acceptors (Lipinski definition) is 0. The second kappa shape index (κ2) is 9.11. The molecular weight excluding hydrogens is 580 g/mol. The molecule has 0 spiro atoms. The molecule has 1 aliphatic rings. The van der Waals surface area contributed by atoms with Crippen molar-refractivity contribution in [2.75, 3.05) is 0 Å². The molecule has 0 saturated carbocycles. The van der Waals surface area contributed by atoms with Crippen LogP contribution in [-0.2, 0) is 5.41 Å². The van der Waals surface area contributed by atoms with E-state index in [-0.39, 0.29) is 0 Å². The van der Waals surface area contributed by atoms with Crippen LogP contribution in [0.1, 0.15) is 44.5 Å². The molecular formula is C35H28Br2. The van der Waals surface area contributed by atoms with E-state index >= 15 is 0 Å². The third-order valence-electron chi connectivity index (χ3n) is 7.86. The molecule has 0 amide bonds. The lowest BCUT2D eigenvalue weighted by Crippen LogP contribution is -2.28. The standard InChI is InChI=1S/C35H28Br2/c1-21-17-23(3)32(24(4)18-21)29-14-8-16-31-34(29)33-22(2)9-5-15-30(33)35(31,25-10-6-12-27(36)19-25)26-11-7-13-28(37)20-26/h5-20H,1-4H3. The van der Waals surface area contributed by atoms with E-state index in [1.807, 2.05) is 0 Å². The van der Waals surface area contributed by atoms with Gasteiger partial charge < -0.3 is 0 Å². The molecule has 0 aliphatic heterocycles. The summed E-state index contributed by atoms with van der Waals surface area (Å²) in [6.45, 7) is 8.94. The van der Waals surface area contributed by atoms with Crippen molar-refractivity contribution in [1.29, 1.82) is 0 Å². The zero-order valence-corrected chi connectivity index (χ0v) is 24.7. The molecule has 1 aliphatic carbocycles. The summed E-state index contributed by atoms with van der Waals surface area (Å²) in [5.74, 6) is 0. The van der Waals surface area contributed by atoms with Crippen LogP contribution in [0.5, 0.6) is 0 Å². The molecule has 0 unspecified atom stereocenters. The summed E-state index contributed by atoms with van der Waals surface area (Å²) in [6.07, 6.45) is 0. The van der Waals surface area contributed by atoms with E-state index in [1.165, 1.54) is 66.8 Å². The largest absolute Gasteiger partial charge is 0.0714 e. The molecule has 5 aromatic rings. The third-order valence-corrected chi connectivity index (χ3v) is 8.84. The molecule has 182 valence electrons. The van der Waals surface area contributed by atoms with E-state index in [0.717, 1.165) is 8.95 Å². The minimum Gasteiger partial charge on any atom is -0.0616 e. The van der Waals surface area contributed by atoms with Gasteiger partial charge in [-0.1, -0.05) is 110 Å². The predicted molar refractivity (Wildman–Crippen MR) is 164 cm³/mol. The van der Waals surface area contributed by atoms with Crippen LogP contribution in [-0.4, -0.2) is 0 Å². The van der Waals surface area contributed by atoms with Gasteiger partial charge in [0, 0.05) is 8.95 Å². The predicted octanol–water partition coefficient (Wildman–Crippen LogP) is 10.5. The Hall–Kier alpha value is -2.94. The van der Waals surface area contributed by atoms with Crippen LogP contribution in [0.25, 0.3) is 22.3 Å². The number of fused-ring (bicyclic) bond motifs is 3. The van der Waals surface area contributed by atoms with Gasteiger partial charge in [-0.2, -0.15) is 0 Å². The molecule has 5 aromatic carbocycles. The van der Waals surface area contributed by atoms with Crippen LogP contribution >= 0.6 is 31.9 Å². The highest BCUT2D eigenvalue weighted by Gasteiger charge is 2.47. The summed E-state index contributed by atoms with van der Waals surface area (Å²) < 4.78 is 2.17. The first kappa shape index (κ1) is 24.4. The van der Waals surface area contributed by atoms with E-state index < -0.39 is 5.41 Å². The van der Waals surface area contributed by atoms with Gasteiger partial charge in [0.25, 0.3) is 0 Å². The zero-order valence-electron chi connectivity index (χ0n) is 21.5. The summed E-state index contributed by atoms with van der Waals surface area (Å²) in [4.78, 5) is 0. The summed E-state index contributed by atoms with van der Waals surface area (Å²) in [6, 6.07) is 36.0. The van der Waals surface area contributed by atoms with Gasteiger partial charge in [-0.15, -0.1) is 0 Å². The fourth-order valence-corrected chi connectivity index (χ4v) is 7.44. The molecule has 0 nitrogen and oxygen atoms in total. The maximum absolute atomic E-state index is 3.78. The topological polar surface area (TPSA) is 0 Å². The maximum Gasteiger partial charge on any atom is 0.0714 e. The first-order valence-corrected chi connectivity index (χ1v) is 14.2. The minimum absolute atomic E-state index is 0.438. The molecule has 2 heteroatoms. The van der Waals surface area contributed by atoms with Crippen molar-refractivity contribution in [3.63, 3.8) is 0 Å². The lowest BCUT2D eigenvalue weighted by atomic mass is 9.67. The van der Waals surface area contributed by atoms with Crippen LogP contribution in [0, 0.1) is 27.7 Å². The number of rotatable bonds is 3. The second-order valence-corrected chi connectivity index (χ2v) is 12.1. The molecule has 6 rings (SSSR count). The van der Waals surface area contributed by atoms with Gasteiger partial charge in [-0.05, 0) is 113 Å². The number of halogens is 2. The third kappa shape index (κ3) is 3.68. The highest BCUT2D eigenvalue weighted by molar-refractivity contribution is 9.10. The van der Waals surface area contributed by atoms with E-state index in [2.05, 4.69) is 157 Å². The molecule has 0 aromatic heterocycles. The molecule has 0 heterocycles. The highest BCUT2D eigenvalue weighted by atomic mass is 79.9. The Balaban J connectivity index is 1.83. The summed E-state index contributed by atoms with van der Waals surface area (Å²) in [7, 11) is 0. The van der Waals surface area contributed by atoms with Crippen molar-refractivity contribution in [2.45, 2.75) is 33.1 Å². The van der Waals surface area contributed by atoms with Crippen LogP contribution < -0.4 is 0 Å².